The molecule has 30 heavy (non-hydrogen) atoms. The van der Waals surface area contributed by atoms with Crippen molar-refractivity contribution in [1.29, 1.82) is 5.26 Å². The summed E-state index contributed by atoms with van der Waals surface area (Å²) in [5.41, 5.74) is 3.85. The normalized spacial score (nSPS) is 17.7. The molecule has 4 rings (SSSR count). The molecule has 2 aromatic carbocycles. The van der Waals surface area contributed by atoms with E-state index in [1.165, 1.54) is 0 Å². The van der Waals surface area contributed by atoms with Gasteiger partial charge < -0.3 is 9.67 Å². The summed E-state index contributed by atoms with van der Waals surface area (Å²) in [6.45, 7) is 2.67. The van der Waals surface area contributed by atoms with Gasteiger partial charge in [-0.3, -0.25) is 4.90 Å². The van der Waals surface area contributed by atoms with Crippen LogP contribution in [0.5, 0.6) is 0 Å². The summed E-state index contributed by atoms with van der Waals surface area (Å²) < 4.78 is 2.18. The van der Waals surface area contributed by atoms with Gasteiger partial charge in [0, 0.05) is 42.5 Å². The van der Waals surface area contributed by atoms with E-state index in [9.17, 15) is 5.11 Å². The number of nitrogens with zero attached hydrogens (tertiary/aromatic N) is 4. The highest BCUT2D eigenvalue weighted by atomic mass is 35.5. The van der Waals surface area contributed by atoms with Gasteiger partial charge in [-0.2, -0.15) is 5.26 Å². The molecule has 154 valence electrons. The Kier molecular flexibility index (Phi) is 6.49. The van der Waals surface area contributed by atoms with Crippen LogP contribution in [0.3, 0.4) is 0 Å². The van der Waals surface area contributed by atoms with Crippen molar-refractivity contribution < 1.29 is 5.11 Å². The second-order valence-corrected chi connectivity index (χ2v) is 8.25. The third-order valence-corrected chi connectivity index (χ3v) is 6.10. The lowest BCUT2D eigenvalue weighted by molar-refractivity contribution is 0.0707. The van der Waals surface area contributed by atoms with Crippen LogP contribution in [0.2, 0.25) is 5.02 Å². The Morgan fingerprint density at radius 1 is 1.20 bits per heavy atom. The number of aliphatic hydroxyl groups is 1. The minimum absolute atomic E-state index is 0.106. The van der Waals surface area contributed by atoms with E-state index in [1.807, 2.05) is 61.1 Å². The van der Waals surface area contributed by atoms with Crippen molar-refractivity contribution in [1.82, 2.24) is 14.5 Å². The van der Waals surface area contributed by atoms with Crippen LogP contribution in [0.25, 0.3) is 0 Å². The first-order valence-electron chi connectivity index (χ1n) is 10.3. The number of rotatable bonds is 7. The standard InChI is InChI=1S/C24H25ClN4O/c25-21-4-1-3-20(14-21)24(30)23-5-2-10-28(23)11-12-29-17-27-16-22(29)13-18-6-8-19(15-26)9-7-18/h1,3-4,6-9,14,16-17,23-24,30H,2,5,10-13H2/t23-,24+/m0/s1. The van der Waals surface area contributed by atoms with Crippen LogP contribution in [0.4, 0.5) is 0 Å². The summed E-state index contributed by atoms with van der Waals surface area (Å²) in [6, 6.07) is 17.5. The topological polar surface area (TPSA) is 65.1 Å². The summed E-state index contributed by atoms with van der Waals surface area (Å²) in [5.74, 6) is 0. The van der Waals surface area contributed by atoms with Gasteiger partial charge in [-0.1, -0.05) is 35.9 Å². The molecule has 2 heterocycles. The molecule has 0 unspecified atom stereocenters. The van der Waals surface area contributed by atoms with Crippen LogP contribution >= 0.6 is 11.6 Å². The molecule has 1 aliphatic heterocycles. The molecule has 1 N–H and O–H groups in total. The molecular weight excluding hydrogens is 396 g/mol. The van der Waals surface area contributed by atoms with Gasteiger partial charge in [-0.15, -0.1) is 0 Å². The summed E-state index contributed by atoms with van der Waals surface area (Å²) in [6.07, 6.45) is 6.09. The molecule has 1 fully saturated rings. The second kappa shape index (κ2) is 9.44. The van der Waals surface area contributed by atoms with Crippen molar-refractivity contribution in [3.8, 4) is 6.07 Å². The van der Waals surface area contributed by atoms with Crippen LogP contribution in [-0.4, -0.2) is 38.7 Å². The van der Waals surface area contributed by atoms with Gasteiger partial charge in [0.05, 0.1) is 24.1 Å². The largest absolute Gasteiger partial charge is 0.387 e. The average molecular weight is 421 g/mol. The fourth-order valence-corrected chi connectivity index (χ4v) is 4.44. The lowest BCUT2D eigenvalue weighted by atomic mass is 10.0. The smallest absolute Gasteiger partial charge is 0.0991 e. The van der Waals surface area contributed by atoms with Crippen LogP contribution < -0.4 is 0 Å². The van der Waals surface area contributed by atoms with E-state index < -0.39 is 6.10 Å². The summed E-state index contributed by atoms with van der Waals surface area (Å²) in [7, 11) is 0. The quantitative estimate of drug-likeness (QED) is 0.622. The monoisotopic (exact) mass is 420 g/mol. The lowest BCUT2D eigenvalue weighted by Crippen LogP contribution is -2.36. The Balaban J connectivity index is 1.39. The van der Waals surface area contributed by atoms with Crippen molar-refractivity contribution >= 4 is 11.6 Å². The van der Waals surface area contributed by atoms with Gasteiger partial charge in [0.25, 0.3) is 0 Å². The number of hydrogen-bond acceptors (Lipinski definition) is 4. The number of halogens is 1. The molecule has 1 aliphatic rings. The van der Waals surface area contributed by atoms with E-state index in [0.717, 1.165) is 55.7 Å². The van der Waals surface area contributed by atoms with Crippen molar-refractivity contribution in [3.05, 3.63) is 88.5 Å². The number of aromatic nitrogens is 2. The zero-order valence-corrected chi connectivity index (χ0v) is 17.5. The Morgan fingerprint density at radius 3 is 2.80 bits per heavy atom. The molecule has 3 aromatic rings. The van der Waals surface area contributed by atoms with Gasteiger partial charge in [0.2, 0.25) is 0 Å². The van der Waals surface area contributed by atoms with Crippen molar-refractivity contribution in [3.63, 3.8) is 0 Å². The summed E-state index contributed by atoms with van der Waals surface area (Å²) in [5, 5.41) is 20.5. The fourth-order valence-electron chi connectivity index (χ4n) is 4.24. The second-order valence-electron chi connectivity index (χ2n) is 7.81. The summed E-state index contributed by atoms with van der Waals surface area (Å²) >= 11 is 6.11. The minimum Gasteiger partial charge on any atom is -0.387 e. The molecule has 0 saturated carbocycles. The average Bonchev–Trinajstić information content (AvgIpc) is 3.41. The predicted octanol–water partition coefficient (Wildman–Crippen LogP) is 4.20. The molecule has 5 nitrogen and oxygen atoms in total. The molecule has 0 radical (unpaired) electrons. The summed E-state index contributed by atoms with van der Waals surface area (Å²) in [4.78, 5) is 6.71. The molecule has 1 aromatic heterocycles. The minimum atomic E-state index is -0.535. The number of hydrogen-bond donors (Lipinski definition) is 1. The molecular formula is C24H25ClN4O. The molecule has 1 saturated heterocycles. The maximum Gasteiger partial charge on any atom is 0.0991 e. The maximum atomic E-state index is 10.9. The zero-order valence-electron chi connectivity index (χ0n) is 16.8. The highest BCUT2D eigenvalue weighted by Gasteiger charge is 2.31. The van der Waals surface area contributed by atoms with E-state index >= 15 is 0 Å². The maximum absolute atomic E-state index is 10.9. The molecule has 2 atom stereocenters. The molecule has 0 spiro atoms. The van der Waals surface area contributed by atoms with Gasteiger partial charge >= 0.3 is 0 Å². The lowest BCUT2D eigenvalue weighted by Gasteiger charge is -2.29. The number of imidazole rings is 1. The van der Waals surface area contributed by atoms with Crippen LogP contribution in [0.1, 0.15) is 41.3 Å². The zero-order chi connectivity index (χ0) is 20.9. The van der Waals surface area contributed by atoms with Gasteiger partial charge in [0.15, 0.2) is 0 Å². The SMILES string of the molecule is N#Cc1ccc(Cc2cncn2CCN2CCC[C@H]2[C@H](O)c2cccc(Cl)c2)cc1. The van der Waals surface area contributed by atoms with Crippen molar-refractivity contribution in [2.45, 2.75) is 38.0 Å². The number of nitriles is 1. The third kappa shape index (κ3) is 4.73. The number of likely N-dealkylation sites (tertiary alicyclic amines) is 1. The fraction of sp³-hybridized carbons (Fsp3) is 0.333. The van der Waals surface area contributed by atoms with Crippen molar-refractivity contribution in [2.24, 2.45) is 0 Å². The first-order valence-corrected chi connectivity index (χ1v) is 10.7. The predicted molar refractivity (Wildman–Crippen MR) is 117 cm³/mol. The Labute approximate surface area is 182 Å². The highest BCUT2D eigenvalue weighted by Crippen LogP contribution is 2.30. The highest BCUT2D eigenvalue weighted by molar-refractivity contribution is 6.30. The first-order chi connectivity index (χ1) is 14.6. The number of aliphatic hydroxyl groups excluding tert-OH is 1. The van der Waals surface area contributed by atoms with Crippen LogP contribution in [-0.2, 0) is 13.0 Å². The van der Waals surface area contributed by atoms with Crippen molar-refractivity contribution in [2.75, 3.05) is 13.1 Å². The van der Waals surface area contributed by atoms with Gasteiger partial charge in [-0.25, -0.2) is 4.98 Å². The van der Waals surface area contributed by atoms with Crippen LogP contribution in [0, 0.1) is 11.3 Å². The van der Waals surface area contributed by atoms with E-state index in [0.29, 0.717) is 10.6 Å². The van der Waals surface area contributed by atoms with Crippen LogP contribution in [0.15, 0.2) is 61.1 Å². The van der Waals surface area contributed by atoms with E-state index in [-0.39, 0.29) is 6.04 Å². The first kappa shape index (κ1) is 20.6. The van der Waals surface area contributed by atoms with Gasteiger partial charge in [0.1, 0.15) is 0 Å². The third-order valence-electron chi connectivity index (χ3n) is 5.86. The van der Waals surface area contributed by atoms with E-state index in [2.05, 4.69) is 20.5 Å². The molecule has 0 bridgehead atoms. The Bertz CT molecular complexity index is 1020. The number of benzene rings is 2. The van der Waals surface area contributed by atoms with Gasteiger partial charge in [-0.05, 0) is 54.8 Å². The van der Waals surface area contributed by atoms with E-state index in [1.54, 1.807) is 0 Å². The molecule has 6 heteroatoms. The Hall–Kier alpha value is -2.65. The molecule has 0 aliphatic carbocycles. The Morgan fingerprint density at radius 2 is 2.03 bits per heavy atom. The molecule has 0 amide bonds. The van der Waals surface area contributed by atoms with E-state index in [4.69, 9.17) is 16.9 Å².